The summed E-state index contributed by atoms with van der Waals surface area (Å²) in [5.74, 6) is 0.353. The van der Waals surface area contributed by atoms with Crippen LogP contribution in [0.1, 0.15) is 52.9 Å². The molecule has 1 aliphatic heterocycles. The molecule has 1 aliphatic rings. The normalized spacial score (nSPS) is 16.0. The molecule has 3 aromatic rings. The molecule has 0 aliphatic carbocycles. The third-order valence-corrected chi connectivity index (χ3v) is 5.76. The summed E-state index contributed by atoms with van der Waals surface area (Å²) in [6.45, 7) is 0.396. The van der Waals surface area contributed by atoms with Crippen LogP contribution in [0.4, 0.5) is 0 Å². The maximum Gasteiger partial charge on any atom is 0.253 e. The molecule has 32 heavy (non-hydrogen) atoms. The largest absolute Gasteiger partial charge is 0.506 e. The predicted octanol–water partition coefficient (Wildman–Crippen LogP) is 3.50. The van der Waals surface area contributed by atoms with E-state index < -0.39 is 5.91 Å². The van der Waals surface area contributed by atoms with Crippen LogP contribution in [0.25, 0.3) is 0 Å². The molecule has 9 heteroatoms. The first-order chi connectivity index (χ1) is 15.5. The zero-order chi connectivity index (χ0) is 22.5. The maximum absolute atomic E-state index is 12.9. The number of halogens is 1. The molecule has 4 rings (SSSR count). The lowest BCUT2D eigenvalue weighted by molar-refractivity contribution is -0.134. The zero-order valence-corrected chi connectivity index (χ0v) is 18.1. The summed E-state index contributed by atoms with van der Waals surface area (Å²) >= 11 is 6.24. The van der Waals surface area contributed by atoms with Gasteiger partial charge in [0.1, 0.15) is 17.6 Å². The smallest absolute Gasteiger partial charge is 0.253 e. The van der Waals surface area contributed by atoms with E-state index in [9.17, 15) is 14.7 Å². The summed E-state index contributed by atoms with van der Waals surface area (Å²) in [4.78, 5) is 35.1. The van der Waals surface area contributed by atoms with E-state index in [4.69, 9.17) is 16.0 Å². The van der Waals surface area contributed by atoms with Crippen LogP contribution in [-0.2, 0) is 11.2 Å². The lowest BCUT2D eigenvalue weighted by Gasteiger charge is -2.33. The van der Waals surface area contributed by atoms with Crippen LogP contribution < -0.4 is 5.32 Å². The standard InChI is InChI=1S/C23H23ClN4O4/c24-19-6-2-1-5-15(19)10-18-13-27-23(32-18)20-7-3-4-8-28(20)21(30)14-26-22(31)16-9-17(29)12-25-11-16/h1-2,5-6,9,11-13,20,29H,3-4,7-8,10,14H2,(H,26,31)/t20-/m0/s1. The molecular weight excluding hydrogens is 432 g/mol. The van der Waals surface area contributed by atoms with Gasteiger partial charge in [-0.2, -0.15) is 0 Å². The number of carbonyl (C=O) groups is 2. The van der Waals surface area contributed by atoms with E-state index in [1.165, 1.54) is 18.5 Å². The van der Waals surface area contributed by atoms with E-state index in [-0.39, 0.29) is 29.8 Å². The minimum absolute atomic E-state index is 0.114. The number of nitrogens with one attached hydrogen (secondary N) is 1. The van der Waals surface area contributed by atoms with Crippen molar-refractivity contribution in [3.63, 3.8) is 0 Å². The monoisotopic (exact) mass is 454 g/mol. The molecule has 8 nitrogen and oxygen atoms in total. The van der Waals surface area contributed by atoms with Crippen LogP contribution in [0.15, 0.2) is 53.3 Å². The molecule has 0 spiro atoms. The van der Waals surface area contributed by atoms with Gasteiger partial charge in [-0.05, 0) is 37.0 Å². The van der Waals surface area contributed by atoms with E-state index in [1.807, 2.05) is 24.3 Å². The number of aromatic nitrogens is 2. The number of aromatic hydroxyl groups is 1. The fraction of sp³-hybridized carbons (Fsp3) is 0.304. The van der Waals surface area contributed by atoms with Gasteiger partial charge >= 0.3 is 0 Å². The molecule has 1 aromatic carbocycles. The summed E-state index contributed by atoms with van der Waals surface area (Å²) in [5.41, 5.74) is 1.13. The second kappa shape index (κ2) is 9.82. The molecule has 0 unspecified atom stereocenters. The second-order valence-corrected chi connectivity index (χ2v) is 8.05. The number of hydrogen-bond acceptors (Lipinski definition) is 6. The fourth-order valence-corrected chi connectivity index (χ4v) is 3.99. The fourth-order valence-electron chi connectivity index (χ4n) is 3.79. The van der Waals surface area contributed by atoms with Crippen molar-refractivity contribution in [2.45, 2.75) is 31.7 Å². The molecule has 3 heterocycles. The van der Waals surface area contributed by atoms with Crippen molar-refractivity contribution in [2.75, 3.05) is 13.1 Å². The highest BCUT2D eigenvalue weighted by molar-refractivity contribution is 6.31. The van der Waals surface area contributed by atoms with Gasteiger partial charge in [-0.3, -0.25) is 14.6 Å². The number of amides is 2. The topological polar surface area (TPSA) is 109 Å². The van der Waals surface area contributed by atoms with Crippen LogP contribution >= 0.6 is 11.6 Å². The van der Waals surface area contributed by atoms with Gasteiger partial charge in [0.25, 0.3) is 5.91 Å². The number of pyridine rings is 1. The average Bonchev–Trinajstić information content (AvgIpc) is 3.27. The Hall–Kier alpha value is -3.39. The summed E-state index contributed by atoms with van der Waals surface area (Å²) in [5, 5.41) is 12.7. The second-order valence-electron chi connectivity index (χ2n) is 7.65. The van der Waals surface area contributed by atoms with Crippen molar-refractivity contribution in [1.29, 1.82) is 0 Å². The Bertz CT molecular complexity index is 1120. The highest BCUT2D eigenvalue weighted by Gasteiger charge is 2.31. The zero-order valence-electron chi connectivity index (χ0n) is 17.3. The van der Waals surface area contributed by atoms with Crippen LogP contribution in [0.3, 0.4) is 0 Å². The van der Waals surface area contributed by atoms with E-state index in [2.05, 4.69) is 15.3 Å². The molecule has 1 fully saturated rings. The van der Waals surface area contributed by atoms with E-state index in [1.54, 1.807) is 11.1 Å². The molecule has 2 amide bonds. The summed E-state index contributed by atoms with van der Waals surface area (Å²) < 4.78 is 5.98. The minimum Gasteiger partial charge on any atom is -0.506 e. The molecule has 1 atom stereocenters. The predicted molar refractivity (Wildman–Crippen MR) is 117 cm³/mol. The Kier molecular flexibility index (Phi) is 6.70. The van der Waals surface area contributed by atoms with Crippen molar-refractivity contribution in [2.24, 2.45) is 0 Å². The van der Waals surface area contributed by atoms with Gasteiger partial charge in [-0.25, -0.2) is 4.98 Å². The van der Waals surface area contributed by atoms with Crippen molar-refractivity contribution >= 4 is 23.4 Å². The molecule has 2 N–H and O–H groups in total. The van der Waals surface area contributed by atoms with Gasteiger partial charge in [0.2, 0.25) is 11.8 Å². The molecule has 0 radical (unpaired) electrons. The Morgan fingerprint density at radius 3 is 2.88 bits per heavy atom. The van der Waals surface area contributed by atoms with Crippen molar-refractivity contribution in [1.82, 2.24) is 20.2 Å². The molecule has 0 saturated carbocycles. The third-order valence-electron chi connectivity index (χ3n) is 5.39. The maximum atomic E-state index is 12.9. The van der Waals surface area contributed by atoms with Crippen LogP contribution in [0.5, 0.6) is 5.75 Å². The molecule has 0 bridgehead atoms. The molecular formula is C23H23ClN4O4. The number of oxazole rings is 1. The summed E-state index contributed by atoms with van der Waals surface area (Å²) in [7, 11) is 0. The van der Waals surface area contributed by atoms with E-state index in [0.717, 1.165) is 24.8 Å². The van der Waals surface area contributed by atoms with Crippen LogP contribution in [0, 0.1) is 0 Å². The lowest BCUT2D eigenvalue weighted by Crippen LogP contribution is -2.44. The van der Waals surface area contributed by atoms with Crippen LogP contribution in [-0.4, -0.2) is 44.9 Å². The van der Waals surface area contributed by atoms with E-state index >= 15 is 0 Å². The highest BCUT2D eigenvalue weighted by atomic mass is 35.5. The number of benzene rings is 1. The average molecular weight is 455 g/mol. The molecule has 166 valence electrons. The van der Waals surface area contributed by atoms with Gasteiger partial charge in [-0.1, -0.05) is 29.8 Å². The number of nitrogens with zero attached hydrogens (tertiary/aromatic N) is 3. The number of rotatable bonds is 6. The number of likely N-dealkylation sites (tertiary alicyclic amines) is 1. The molecule has 2 aromatic heterocycles. The van der Waals surface area contributed by atoms with E-state index in [0.29, 0.717) is 29.6 Å². The van der Waals surface area contributed by atoms with Gasteiger partial charge < -0.3 is 19.7 Å². The summed E-state index contributed by atoms with van der Waals surface area (Å²) in [6, 6.07) is 8.57. The molecule has 1 saturated heterocycles. The van der Waals surface area contributed by atoms with Crippen molar-refractivity contribution in [3.05, 3.63) is 76.7 Å². The lowest BCUT2D eigenvalue weighted by atomic mass is 10.0. The number of piperidine rings is 1. The first kappa shape index (κ1) is 21.8. The van der Waals surface area contributed by atoms with Gasteiger partial charge in [-0.15, -0.1) is 0 Å². The first-order valence-corrected chi connectivity index (χ1v) is 10.8. The highest BCUT2D eigenvalue weighted by Crippen LogP contribution is 2.31. The minimum atomic E-state index is -0.478. The number of carbonyl (C=O) groups excluding carboxylic acids is 2. The first-order valence-electron chi connectivity index (χ1n) is 10.4. The number of hydrogen-bond donors (Lipinski definition) is 2. The Balaban J connectivity index is 1.41. The van der Waals surface area contributed by atoms with Gasteiger partial charge in [0.05, 0.1) is 24.5 Å². The van der Waals surface area contributed by atoms with Gasteiger partial charge in [0.15, 0.2) is 0 Å². The Morgan fingerprint density at radius 2 is 2.06 bits per heavy atom. The Morgan fingerprint density at radius 1 is 1.22 bits per heavy atom. The third kappa shape index (κ3) is 5.08. The quantitative estimate of drug-likeness (QED) is 0.590. The summed E-state index contributed by atoms with van der Waals surface area (Å²) in [6.07, 6.45) is 7.32. The van der Waals surface area contributed by atoms with Crippen molar-refractivity contribution in [3.8, 4) is 5.75 Å². The van der Waals surface area contributed by atoms with Crippen LogP contribution in [0.2, 0.25) is 5.02 Å². The van der Waals surface area contributed by atoms with Crippen molar-refractivity contribution < 1.29 is 19.1 Å². The SMILES string of the molecule is O=C(NCC(=O)N1CCCC[C@H]1c1ncc(Cc2ccccc2Cl)o1)c1cncc(O)c1. The van der Waals surface area contributed by atoms with Gasteiger partial charge in [0, 0.05) is 24.2 Å². The Labute approximate surface area is 190 Å².